The molecule has 0 saturated carbocycles. The molecule has 0 bridgehead atoms. The summed E-state index contributed by atoms with van der Waals surface area (Å²) in [5.74, 6) is 6.50. The maximum atomic E-state index is 13.7. The summed E-state index contributed by atoms with van der Waals surface area (Å²) in [6.45, 7) is 4.42. The first-order chi connectivity index (χ1) is 61.7. The standard InChI is InChI=1S/C22H19ClN6O3.C20H19N9O2.C16H14ClN3O3.C14H11ClN6O2.C6H9N3O.C6H9N3.ClH.2H2S/c1-28-11-16-19(27-28)18(23)17(21-25-15-8-14(32-3)9-24-20(15)26-21)22(30)29(16)10-12-4-6-13(31-2)7-5-12;1-10(17-21-5-4-6-22-17)24-16-14(20(30)26-13-9-29(2)28-15(13)16)19-25-12-7-11(31-3)8-23-18(12)27-19;1-19-8-13-15(18-19)14(17)12(9-21)16(22)20(13)7-10-3-5-11(23-2)6-4-10;1-21-5-8-11(20-21)10(15)9(14(22)18-8)13-17-7-3-6(23-2)4-16-12(7)19-13;1-10-4-2-5(7)6(8)9-3-4;1-5(7)6-8-3-2-4-9-6;;;/h4-9,11H,10H2,1-3H3,(H,24,25,26);4-10,24H,1-3H3,(H,26,30)(H,23,25,27);3-6,8-9H,7H2,1-2H3;3-5H,1-2H3,(H,18,22)(H,16,17,19);2-3H,7H2,1H3,(H2,8,9);2-5H,7H2,1H3;1H;2*1H2/t;10-;;;;5-;;;/m.0...0.../s1. The van der Waals surface area contributed by atoms with E-state index in [1.54, 1.807) is 199 Å². The number of H-pyrrole nitrogens is 5. The van der Waals surface area contributed by atoms with E-state index in [0.717, 1.165) is 22.6 Å². The molecule has 0 radical (unpaired) electrons. The molecule has 41 nitrogen and oxygen atoms in total. The number of aryl methyl sites for hydroxylation is 4. The molecule has 0 aliphatic heterocycles. The van der Waals surface area contributed by atoms with Crippen LogP contribution in [0.15, 0.2) is 178 Å². The highest BCUT2D eigenvalue weighted by Crippen LogP contribution is 2.36. The topological polar surface area (TPSA) is 533 Å². The molecule has 0 aliphatic rings. The van der Waals surface area contributed by atoms with E-state index < -0.39 is 5.56 Å². The summed E-state index contributed by atoms with van der Waals surface area (Å²) < 4.78 is 40.4. The number of rotatable bonds is 18. The van der Waals surface area contributed by atoms with Crippen molar-refractivity contribution in [2.45, 2.75) is 39.0 Å². The van der Waals surface area contributed by atoms with Gasteiger partial charge in [-0.05, 0) is 61.4 Å². The van der Waals surface area contributed by atoms with Gasteiger partial charge in [-0.2, -0.15) is 47.4 Å². The average molecular weight is 1900 g/mol. The molecule has 17 aromatic heterocycles. The molecule has 0 saturated heterocycles. The number of pyridine rings is 8. The smallest absolute Gasteiger partial charge is 0.264 e. The number of carbonyl (C=O) groups is 1. The van der Waals surface area contributed by atoms with Crippen LogP contribution in [0.5, 0.6) is 34.5 Å². The average Bonchev–Trinajstić information content (AvgIpc) is 1.61. The Bertz CT molecular complexity index is 7550. The number of nitrogens with one attached hydrogen (secondary N) is 6. The molecule has 0 fully saturated rings. The van der Waals surface area contributed by atoms with Crippen molar-refractivity contribution in [1.82, 2.24) is 128 Å². The van der Waals surface area contributed by atoms with E-state index in [0.29, 0.717) is 172 Å². The van der Waals surface area contributed by atoms with Crippen molar-refractivity contribution < 1.29 is 33.2 Å². The number of anilines is 3. The van der Waals surface area contributed by atoms with Crippen LogP contribution in [-0.4, -0.2) is 177 Å². The quantitative estimate of drug-likeness (QED) is 0.0360. The van der Waals surface area contributed by atoms with Crippen LogP contribution in [0.2, 0.25) is 15.1 Å². The number of imidazole rings is 3. The highest BCUT2D eigenvalue weighted by Gasteiger charge is 2.27. The Morgan fingerprint density at radius 2 is 0.817 bits per heavy atom. The number of fused-ring (bicyclic) bond motifs is 7. The number of benzene rings is 2. The SMILES string of the molecule is COc1ccc(Cn2c(=O)c(-c3nc4ncc(OC)cc4[nH]3)c(Cl)c3nn(C)cc32)cc1.COc1ccc(Cn2c(=O)c(C=O)c(Cl)c3nn(C)cc32)cc1.COc1cnc(N)c(N)c1.COc1cnc2nc(-c3c(Cl)c4nn(C)cc4[nH]c3=O)[nH]c2c1.COc1cnc2nc(-c3c(N[C@@H](C)c4ncccn4)c4nn(C)cc4[nH]c3=O)[nH]c2c1.C[C@H](N)c1ncccn1.Cl.S.S. The zero-order chi connectivity index (χ0) is 90.9. The second-order valence-corrected chi connectivity index (χ2v) is 29.4. The third-order valence-electron chi connectivity index (χ3n) is 19.5. The van der Waals surface area contributed by atoms with Gasteiger partial charge in [-0.15, -0.1) is 12.4 Å². The van der Waals surface area contributed by atoms with Gasteiger partial charge in [0.05, 0.1) is 158 Å². The maximum absolute atomic E-state index is 13.7. The number of carbonyl (C=O) groups excluding carboxylic acids is 1. The number of hydrogen-bond acceptors (Lipinski definition) is 30. The van der Waals surface area contributed by atoms with Crippen molar-refractivity contribution >= 4 is 175 Å². The molecule has 131 heavy (non-hydrogen) atoms. The van der Waals surface area contributed by atoms with Gasteiger partial charge in [-0.3, -0.25) is 42.7 Å². The third-order valence-corrected chi connectivity index (χ3v) is 20.6. The van der Waals surface area contributed by atoms with Crippen molar-refractivity contribution in [2.75, 3.05) is 59.4 Å². The lowest BCUT2D eigenvalue weighted by atomic mass is 10.1. The Hall–Kier alpha value is -15.0. The van der Waals surface area contributed by atoms with Crippen LogP contribution < -0.4 is 73.2 Å². The zero-order valence-corrected chi connectivity index (χ0v) is 76.9. The Kier molecular flexibility index (Phi) is 31.2. The van der Waals surface area contributed by atoms with Crippen molar-refractivity contribution in [2.24, 2.45) is 33.9 Å². The molecule has 0 aliphatic carbocycles. The maximum Gasteiger partial charge on any atom is 0.264 e. The Labute approximate surface area is 776 Å². The monoisotopic (exact) mass is 1890 g/mol. The second-order valence-electron chi connectivity index (χ2n) is 28.3. The molecule has 12 N–H and O–H groups in total. The predicted molar refractivity (Wildman–Crippen MR) is 512 cm³/mol. The number of nitrogen functional groups attached to an aromatic ring is 2. The number of ether oxygens (including phenoxy) is 6. The first-order valence-corrected chi connectivity index (χ1v) is 39.7. The number of aldehydes is 1. The van der Waals surface area contributed by atoms with Crippen LogP contribution >= 0.6 is 74.2 Å². The summed E-state index contributed by atoms with van der Waals surface area (Å²) in [4.78, 5) is 124. The van der Waals surface area contributed by atoms with Crippen LogP contribution in [0, 0.1) is 0 Å². The van der Waals surface area contributed by atoms with Gasteiger partial charge in [-0.25, -0.2) is 54.8 Å². The van der Waals surface area contributed by atoms with Crippen LogP contribution in [0.25, 0.3) is 112 Å². The molecule has 47 heteroatoms. The lowest BCUT2D eigenvalue weighted by Crippen LogP contribution is -2.24. The van der Waals surface area contributed by atoms with Gasteiger partial charge < -0.3 is 85.0 Å². The number of halogens is 4. The lowest BCUT2D eigenvalue weighted by Gasteiger charge is -2.16. The van der Waals surface area contributed by atoms with E-state index >= 15 is 0 Å². The van der Waals surface area contributed by atoms with Gasteiger partial charge in [0.15, 0.2) is 23.2 Å². The van der Waals surface area contributed by atoms with Gasteiger partial charge in [0, 0.05) is 102 Å². The minimum atomic E-state index is -0.429. The fourth-order valence-electron chi connectivity index (χ4n) is 13.2. The summed E-state index contributed by atoms with van der Waals surface area (Å²) in [5, 5.41) is 21.4. The van der Waals surface area contributed by atoms with Gasteiger partial charge in [-0.1, -0.05) is 59.1 Å². The van der Waals surface area contributed by atoms with E-state index in [1.165, 1.54) is 10.8 Å². The zero-order valence-electron chi connectivity index (χ0n) is 71.8. The fourth-order valence-corrected chi connectivity index (χ4v) is 14.1. The highest BCUT2D eigenvalue weighted by atomic mass is 35.5. The molecule has 678 valence electrons. The predicted octanol–water partition coefficient (Wildman–Crippen LogP) is 11.1. The fraction of sp³-hybridized carbons (Fsp3) is 0.190. The largest absolute Gasteiger partial charge is 0.497 e. The summed E-state index contributed by atoms with van der Waals surface area (Å²) in [6, 6.07) is 25.0. The first kappa shape index (κ1) is 96.6. The van der Waals surface area contributed by atoms with Crippen LogP contribution in [0.4, 0.5) is 17.2 Å². The van der Waals surface area contributed by atoms with Crippen LogP contribution in [0.1, 0.15) is 59.1 Å². The number of hydrogen-bond donors (Lipinski definition) is 9. The molecule has 2 aromatic carbocycles. The molecule has 0 spiro atoms. The van der Waals surface area contributed by atoms with Crippen molar-refractivity contribution in [3.8, 4) is 68.7 Å². The molecule has 19 aromatic rings. The van der Waals surface area contributed by atoms with Gasteiger partial charge in [0.1, 0.15) is 114 Å². The Morgan fingerprint density at radius 3 is 1.25 bits per heavy atom. The lowest BCUT2D eigenvalue weighted by molar-refractivity contribution is 0.112. The highest BCUT2D eigenvalue weighted by molar-refractivity contribution is 7.59. The number of nitrogens with zero attached hydrogens (tertiary/aromatic N) is 21. The third kappa shape index (κ3) is 21.2. The second kappa shape index (κ2) is 42.3. The molecular formula is C84H86Cl4N30O11S2. The summed E-state index contributed by atoms with van der Waals surface area (Å²) in [7, 11) is 16.5. The number of aromatic nitrogens is 26. The van der Waals surface area contributed by atoms with E-state index in [1.807, 2.05) is 62.4 Å². The Morgan fingerprint density at radius 1 is 0.443 bits per heavy atom. The Balaban J connectivity index is 0.000000158. The van der Waals surface area contributed by atoms with Gasteiger partial charge in [0.2, 0.25) is 0 Å². The van der Waals surface area contributed by atoms with E-state index in [-0.39, 0.29) is 99.9 Å². The number of aromatic amines is 5. The summed E-state index contributed by atoms with van der Waals surface area (Å²) >= 11 is 19.2. The van der Waals surface area contributed by atoms with Crippen molar-refractivity contribution in [3.63, 3.8) is 0 Å². The first-order valence-electron chi connectivity index (χ1n) is 38.6. The summed E-state index contributed by atoms with van der Waals surface area (Å²) in [5.41, 5.74) is 26.2. The normalized spacial score (nSPS) is 11.2. The van der Waals surface area contributed by atoms with Crippen molar-refractivity contribution in [3.05, 3.63) is 244 Å². The van der Waals surface area contributed by atoms with E-state index in [2.05, 4.69) is 105 Å². The molecule has 19 rings (SSSR count). The van der Waals surface area contributed by atoms with Gasteiger partial charge in [0.25, 0.3) is 22.2 Å². The van der Waals surface area contributed by atoms with Crippen LogP contribution in [-0.2, 0) is 41.3 Å². The molecule has 0 amide bonds. The minimum absolute atomic E-state index is 0. The van der Waals surface area contributed by atoms with E-state index in [4.69, 9.17) is 80.4 Å². The van der Waals surface area contributed by atoms with E-state index in [9.17, 15) is 24.0 Å². The van der Waals surface area contributed by atoms with Crippen molar-refractivity contribution in [1.29, 1.82) is 0 Å². The molecule has 0 unspecified atom stereocenters. The molecule has 2 atom stereocenters. The van der Waals surface area contributed by atoms with Gasteiger partial charge >= 0.3 is 0 Å². The molecular weight excluding hydrogens is 1810 g/mol. The summed E-state index contributed by atoms with van der Waals surface area (Å²) in [6.07, 6.45) is 20.3. The molecule has 17 heterocycles. The van der Waals surface area contributed by atoms with Crippen LogP contribution in [0.3, 0.4) is 0 Å². The number of nitrogens with two attached hydrogens (primary N) is 3. The number of methoxy groups -OCH3 is 6. The minimum Gasteiger partial charge on any atom is -0.497 e.